The topological polar surface area (TPSA) is 70.6 Å². The minimum atomic E-state index is -0.0619. The molecule has 2 aromatic carbocycles. The zero-order chi connectivity index (χ0) is 23.2. The Morgan fingerprint density at radius 2 is 1.82 bits per heavy atom. The van der Waals surface area contributed by atoms with Crippen molar-refractivity contribution >= 4 is 34.9 Å². The van der Waals surface area contributed by atoms with Crippen molar-refractivity contribution in [2.75, 3.05) is 54.2 Å². The number of ether oxygens (including phenoxy) is 1. The van der Waals surface area contributed by atoms with Crippen LogP contribution in [0, 0.1) is 13.8 Å². The van der Waals surface area contributed by atoms with Crippen molar-refractivity contribution in [2.24, 2.45) is 0 Å². The maximum Gasteiger partial charge on any atom is 0.234 e. The monoisotopic (exact) mass is 463 g/mol. The van der Waals surface area contributed by atoms with Crippen LogP contribution >= 0.6 is 11.8 Å². The first-order valence-electron chi connectivity index (χ1n) is 11.0. The molecule has 3 aromatic rings. The number of nitrogens with one attached hydrogen (secondary N) is 1. The predicted molar refractivity (Wildman–Crippen MR) is 135 cm³/mol. The fourth-order valence-corrected chi connectivity index (χ4v) is 4.46. The van der Waals surface area contributed by atoms with E-state index in [-0.39, 0.29) is 11.7 Å². The number of methoxy groups -OCH3 is 1. The number of para-hydroxylation sites is 2. The number of carbonyl (C=O) groups is 1. The van der Waals surface area contributed by atoms with Crippen molar-refractivity contribution < 1.29 is 9.53 Å². The standard InChI is InChI=1S/C25H29N5O2S/c1-18-8-9-19(2)20(16-18)27-24(31)17-33-25-26-11-10-23(28-25)30-14-12-29(13-15-30)21-6-4-5-7-22(21)32-3/h4-11,16H,12-15,17H2,1-3H3,(H,27,31). The lowest BCUT2D eigenvalue weighted by atomic mass is 10.1. The molecule has 0 unspecified atom stereocenters. The molecule has 172 valence electrons. The fraction of sp³-hybridized carbons (Fsp3) is 0.320. The van der Waals surface area contributed by atoms with Crippen LogP contribution in [0.4, 0.5) is 17.2 Å². The van der Waals surface area contributed by atoms with Crippen molar-refractivity contribution in [2.45, 2.75) is 19.0 Å². The van der Waals surface area contributed by atoms with Crippen LogP contribution in [0.25, 0.3) is 0 Å². The molecule has 7 nitrogen and oxygen atoms in total. The normalized spacial score (nSPS) is 13.7. The highest BCUT2D eigenvalue weighted by atomic mass is 32.2. The van der Waals surface area contributed by atoms with Crippen molar-refractivity contribution in [1.29, 1.82) is 0 Å². The Balaban J connectivity index is 1.33. The van der Waals surface area contributed by atoms with E-state index in [1.54, 1.807) is 13.3 Å². The van der Waals surface area contributed by atoms with Crippen molar-refractivity contribution in [3.05, 3.63) is 65.9 Å². The molecule has 1 amide bonds. The summed E-state index contributed by atoms with van der Waals surface area (Å²) >= 11 is 1.35. The number of hydrogen-bond acceptors (Lipinski definition) is 7. The molecule has 1 N–H and O–H groups in total. The molecule has 0 atom stereocenters. The first kappa shape index (κ1) is 22.9. The first-order chi connectivity index (χ1) is 16.0. The van der Waals surface area contributed by atoms with Crippen LogP contribution in [0.5, 0.6) is 5.75 Å². The summed E-state index contributed by atoms with van der Waals surface area (Å²) in [6, 6.07) is 16.1. The summed E-state index contributed by atoms with van der Waals surface area (Å²) in [4.78, 5) is 26.1. The number of hydrogen-bond donors (Lipinski definition) is 1. The Morgan fingerprint density at radius 3 is 2.61 bits per heavy atom. The number of thioether (sulfide) groups is 1. The van der Waals surface area contributed by atoms with Gasteiger partial charge >= 0.3 is 0 Å². The molecule has 0 bridgehead atoms. The minimum Gasteiger partial charge on any atom is -0.495 e. The Labute approximate surface area is 199 Å². The van der Waals surface area contributed by atoms with E-state index in [9.17, 15) is 4.79 Å². The van der Waals surface area contributed by atoms with Gasteiger partial charge in [0.2, 0.25) is 5.91 Å². The molecule has 4 rings (SSSR count). The van der Waals surface area contributed by atoms with Crippen LogP contribution in [0.3, 0.4) is 0 Å². The smallest absolute Gasteiger partial charge is 0.234 e. The highest BCUT2D eigenvalue weighted by Gasteiger charge is 2.21. The van der Waals surface area contributed by atoms with Crippen LogP contribution in [0.2, 0.25) is 0 Å². The average Bonchev–Trinajstić information content (AvgIpc) is 2.85. The Bertz CT molecular complexity index is 1120. The van der Waals surface area contributed by atoms with Gasteiger partial charge in [-0.2, -0.15) is 0 Å². The Hall–Kier alpha value is -3.26. The van der Waals surface area contributed by atoms with E-state index >= 15 is 0 Å². The van der Waals surface area contributed by atoms with Crippen molar-refractivity contribution in [3.8, 4) is 5.75 Å². The van der Waals surface area contributed by atoms with Crippen LogP contribution in [-0.2, 0) is 4.79 Å². The van der Waals surface area contributed by atoms with Gasteiger partial charge in [0.05, 0.1) is 18.6 Å². The molecule has 8 heteroatoms. The number of anilines is 3. The summed E-state index contributed by atoms with van der Waals surface area (Å²) in [6.07, 6.45) is 1.76. The van der Waals surface area contributed by atoms with Gasteiger partial charge in [-0.25, -0.2) is 9.97 Å². The number of piperazine rings is 1. The Morgan fingerprint density at radius 1 is 1.06 bits per heavy atom. The molecular formula is C25H29N5O2S. The highest BCUT2D eigenvalue weighted by Crippen LogP contribution is 2.29. The van der Waals surface area contributed by atoms with Crippen LogP contribution < -0.4 is 19.9 Å². The van der Waals surface area contributed by atoms with Crippen LogP contribution in [0.1, 0.15) is 11.1 Å². The van der Waals surface area contributed by atoms with Gasteiger partial charge in [-0.15, -0.1) is 0 Å². The zero-order valence-electron chi connectivity index (χ0n) is 19.2. The van der Waals surface area contributed by atoms with E-state index in [1.807, 2.05) is 56.3 Å². The largest absolute Gasteiger partial charge is 0.495 e. The number of aryl methyl sites for hydroxylation is 2. The van der Waals surface area contributed by atoms with E-state index in [2.05, 4.69) is 26.2 Å². The molecule has 0 aliphatic carbocycles. The molecular weight excluding hydrogens is 434 g/mol. The van der Waals surface area contributed by atoms with Gasteiger partial charge in [-0.05, 0) is 49.2 Å². The first-order valence-corrected chi connectivity index (χ1v) is 12.0. The molecule has 2 heterocycles. The lowest BCUT2D eigenvalue weighted by molar-refractivity contribution is -0.113. The van der Waals surface area contributed by atoms with E-state index in [1.165, 1.54) is 11.8 Å². The third-order valence-corrected chi connectivity index (χ3v) is 6.51. The SMILES string of the molecule is COc1ccccc1N1CCN(c2ccnc(SCC(=O)Nc3cc(C)ccc3C)n2)CC1. The maximum atomic E-state index is 12.4. The van der Waals surface area contributed by atoms with Gasteiger partial charge in [0.25, 0.3) is 0 Å². The van der Waals surface area contributed by atoms with E-state index in [0.717, 1.165) is 60.2 Å². The molecule has 0 spiro atoms. The molecule has 1 saturated heterocycles. The number of carbonyl (C=O) groups excluding carboxylic acids is 1. The summed E-state index contributed by atoms with van der Waals surface area (Å²) in [5.74, 6) is 1.99. The van der Waals surface area contributed by atoms with Gasteiger partial charge in [-0.1, -0.05) is 36.0 Å². The van der Waals surface area contributed by atoms with Gasteiger partial charge in [0.15, 0.2) is 5.16 Å². The molecule has 1 aliphatic rings. The summed E-state index contributed by atoms with van der Waals surface area (Å²) in [5, 5.41) is 3.59. The summed E-state index contributed by atoms with van der Waals surface area (Å²) in [5.41, 5.74) is 4.13. The van der Waals surface area contributed by atoms with Crippen molar-refractivity contribution in [1.82, 2.24) is 9.97 Å². The van der Waals surface area contributed by atoms with Crippen LogP contribution in [-0.4, -0.2) is 54.9 Å². The summed E-state index contributed by atoms with van der Waals surface area (Å²) < 4.78 is 5.51. The summed E-state index contributed by atoms with van der Waals surface area (Å²) in [7, 11) is 1.71. The number of aromatic nitrogens is 2. The molecule has 0 saturated carbocycles. The predicted octanol–water partition coefficient (Wildman–Crippen LogP) is 4.16. The Kier molecular flexibility index (Phi) is 7.34. The molecule has 1 aromatic heterocycles. The summed E-state index contributed by atoms with van der Waals surface area (Å²) in [6.45, 7) is 7.47. The quantitative estimate of drug-likeness (QED) is 0.417. The van der Waals surface area contributed by atoms with E-state index in [0.29, 0.717) is 5.16 Å². The van der Waals surface area contributed by atoms with E-state index in [4.69, 9.17) is 9.72 Å². The molecule has 0 radical (unpaired) electrons. The molecule has 1 fully saturated rings. The van der Waals surface area contributed by atoms with Gasteiger partial charge in [-0.3, -0.25) is 4.79 Å². The zero-order valence-corrected chi connectivity index (χ0v) is 20.1. The number of amides is 1. The van der Waals surface area contributed by atoms with Gasteiger partial charge in [0.1, 0.15) is 11.6 Å². The third kappa shape index (κ3) is 5.76. The average molecular weight is 464 g/mol. The second-order valence-corrected chi connectivity index (χ2v) is 8.94. The number of benzene rings is 2. The van der Waals surface area contributed by atoms with E-state index < -0.39 is 0 Å². The molecule has 1 aliphatic heterocycles. The fourth-order valence-electron chi connectivity index (χ4n) is 3.83. The van der Waals surface area contributed by atoms with Gasteiger partial charge in [0, 0.05) is 38.1 Å². The van der Waals surface area contributed by atoms with Gasteiger partial charge < -0.3 is 19.9 Å². The number of rotatable bonds is 7. The highest BCUT2D eigenvalue weighted by molar-refractivity contribution is 7.99. The van der Waals surface area contributed by atoms with Crippen molar-refractivity contribution in [3.63, 3.8) is 0 Å². The minimum absolute atomic E-state index is 0.0619. The lowest BCUT2D eigenvalue weighted by Crippen LogP contribution is -2.47. The van der Waals surface area contributed by atoms with Crippen LogP contribution in [0.15, 0.2) is 59.9 Å². The lowest BCUT2D eigenvalue weighted by Gasteiger charge is -2.37. The second kappa shape index (κ2) is 10.6. The maximum absolute atomic E-state index is 12.4. The third-order valence-electron chi connectivity index (χ3n) is 5.65. The second-order valence-electron chi connectivity index (χ2n) is 8.00. The molecule has 33 heavy (non-hydrogen) atoms. The number of nitrogens with zero attached hydrogens (tertiary/aromatic N) is 4.